The minimum Gasteiger partial charge on any atom is -0.497 e. The van der Waals surface area contributed by atoms with Gasteiger partial charge in [0.25, 0.3) is 0 Å². The number of ether oxygens (including phenoxy) is 1. The van der Waals surface area contributed by atoms with Crippen LogP contribution in [-0.2, 0) is 14.8 Å². The monoisotopic (exact) mass is 470 g/mol. The molecule has 2 aromatic rings. The first kappa shape index (κ1) is 24.7. The van der Waals surface area contributed by atoms with Crippen LogP contribution < -0.4 is 10.1 Å². The zero-order valence-corrected chi connectivity index (χ0v) is 20.0. The molecule has 0 bridgehead atoms. The standard InChI is InChI=1S/C24H30N4O4S/c1-27(2)23(19-6-8-21(32-3)9-7-19)17-26-24(29)20-12-14-28(15-13-20)33(30,31)22-10-4-18(16-25)5-11-22/h4-11,20,23H,12-15,17H2,1-3H3,(H,26,29). The number of hydrogen-bond donors (Lipinski definition) is 1. The third-order valence-electron chi connectivity index (χ3n) is 6.04. The second-order valence-electron chi connectivity index (χ2n) is 8.31. The van der Waals surface area contributed by atoms with Gasteiger partial charge in [0.1, 0.15) is 5.75 Å². The van der Waals surface area contributed by atoms with Crippen LogP contribution in [0.3, 0.4) is 0 Å². The fourth-order valence-corrected chi connectivity index (χ4v) is 5.44. The van der Waals surface area contributed by atoms with Crippen LogP contribution in [0.5, 0.6) is 5.75 Å². The summed E-state index contributed by atoms with van der Waals surface area (Å²) in [5.41, 5.74) is 1.49. The van der Waals surface area contributed by atoms with E-state index in [0.717, 1.165) is 11.3 Å². The van der Waals surface area contributed by atoms with Crippen molar-refractivity contribution in [2.45, 2.75) is 23.8 Å². The molecule has 2 aromatic carbocycles. The molecule has 1 aliphatic rings. The molecule has 3 rings (SSSR count). The Balaban J connectivity index is 1.56. The van der Waals surface area contributed by atoms with E-state index in [1.807, 2.05) is 44.4 Å². The first-order chi connectivity index (χ1) is 15.8. The van der Waals surface area contributed by atoms with Crippen molar-refractivity contribution in [1.82, 2.24) is 14.5 Å². The van der Waals surface area contributed by atoms with Crippen LogP contribution in [0.4, 0.5) is 0 Å². The zero-order chi connectivity index (χ0) is 24.0. The summed E-state index contributed by atoms with van der Waals surface area (Å²) in [6.45, 7) is 1.04. The molecule has 1 amide bonds. The molecule has 0 aliphatic carbocycles. The van der Waals surface area contributed by atoms with E-state index in [9.17, 15) is 13.2 Å². The molecule has 8 nitrogen and oxygen atoms in total. The van der Waals surface area contributed by atoms with Crippen LogP contribution >= 0.6 is 0 Å². The third kappa shape index (κ3) is 5.90. The Morgan fingerprint density at radius 2 is 1.76 bits per heavy atom. The number of hydrogen-bond acceptors (Lipinski definition) is 6. The summed E-state index contributed by atoms with van der Waals surface area (Å²) in [5, 5.41) is 11.9. The summed E-state index contributed by atoms with van der Waals surface area (Å²) >= 11 is 0. The summed E-state index contributed by atoms with van der Waals surface area (Å²) in [6, 6.07) is 15.7. The third-order valence-corrected chi connectivity index (χ3v) is 7.95. The second kappa shape index (κ2) is 10.8. The van der Waals surface area contributed by atoms with E-state index < -0.39 is 10.0 Å². The van der Waals surface area contributed by atoms with Gasteiger partial charge in [-0.3, -0.25) is 4.79 Å². The Labute approximate surface area is 195 Å². The Morgan fingerprint density at radius 3 is 2.27 bits per heavy atom. The van der Waals surface area contributed by atoms with Gasteiger partial charge >= 0.3 is 0 Å². The normalized spacial score (nSPS) is 16.2. The maximum Gasteiger partial charge on any atom is 0.243 e. The van der Waals surface area contributed by atoms with Crippen LogP contribution in [-0.4, -0.2) is 64.4 Å². The average Bonchev–Trinajstić information content (AvgIpc) is 2.84. The Hall–Kier alpha value is -2.93. The number of carbonyl (C=O) groups is 1. The number of piperidine rings is 1. The lowest BCUT2D eigenvalue weighted by molar-refractivity contribution is -0.126. The van der Waals surface area contributed by atoms with Gasteiger partial charge in [0.15, 0.2) is 0 Å². The summed E-state index contributed by atoms with van der Waals surface area (Å²) < 4.78 is 32.4. The van der Waals surface area contributed by atoms with E-state index in [4.69, 9.17) is 10.00 Å². The van der Waals surface area contributed by atoms with E-state index in [0.29, 0.717) is 24.9 Å². The zero-order valence-electron chi connectivity index (χ0n) is 19.2. The lowest BCUT2D eigenvalue weighted by Crippen LogP contribution is -2.44. The predicted octanol–water partition coefficient (Wildman–Crippen LogP) is 2.39. The Morgan fingerprint density at radius 1 is 1.15 bits per heavy atom. The summed E-state index contributed by atoms with van der Waals surface area (Å²) in [4.78, 5) is 15.0. The van der Waals surface area contributed by atoms with Gasteiger partial charge in [-0.05, 0) is 68.9 Å². The van der Waals surface area contributed by atoms with E-state index in [2.05, 4.69) is 10.2 Å². The number of amides is 1. The summed E-state index contributed by atoms with van der Waals surface area (Å²) in [5.74, 6) is 0.505. The molecule has 1 atom stereocenters. The maximum absolute atomic E-state index is 12.9. The quantitative estimate of drug-likeness (QED) is 0.636. The highest BCUT2D eigenvalue weighted by molar-refractivity contribution is 7.89. The first-order valence-electron chi connectivity index (χ1n) is 10.8. The maximum atomic E-state index is 12.9. The molecule has 176 valence electrons. The van der Waals surface area contributed by atoms with Gasteiger partial charge in [-0.25, -0.2) is 8.42 Å². The van der Waals surface area contributed by atoms with E-state index in [1.165, 1.54) is 28.6 Å². The lowest BCUT2D eigenvalue weighted by atomic mass is 9.97. The number of rotatable bonds is 8. The van der Waals surface area contributed by atoms with Crippen molar-refractivity contribution < 1.29 is 17.9 Å². The van der Waals surface area contributed by atoms with Crippen LogP contribution in [0.1, 0.15) is 30.0 Å². The van der Waals surface area contributed by atoms with E-state index in [-0.39, 0.29) is 35.9 Å². The SMILES string of the molecule is COc1ccc(C(CNC(=O)C2CCN(S(=O)(=O)c3ccc(C#N)cc3)CC2)N(C)C)cc1. The number of methoxy groups -OCH3 is 1. The fraction of sp³-hybridized carbons (Fsp3) is 0.417. The molecule has 1 saturated heterocycles. The van der Waals surface area contributed by atoms with E-state index in [1.54, 1.807) is 7.11 Å². The minimum absolute atomic E-state index is 0.0108. The van der Waals surface area contributed by atoms with Crippen LogP contribution in [0, 0.1) is 17.2 Å². The fourth-order valence-electron chi connectivity index (χ4n) is 3.98. The first-order valence-corrected chi connectivity index (χ1v) is 12.3. The van der Waals surface area contributed by atoms with Crippen molar-refractivity contribution in [3.05, 3.63) is 59.7 Å². The lowest BCUT2D eigenvalue weighted by Gasteiger charge is -2.31. The van der Waals surface area contributed by atoms with Crippen molar-refractivity contribution >= 4 is 15.9 Å². The molecule has 1 N–H and O–H groups in total. The van der Waals surface area contributed by atoms with Crippen molar-refractivity contribution in [2.75, 3.05) is 40.8 Å². The number of benzene rings is 2. The summed E-state index contributed by atoms with van der Waals surface area (Å²) in [6.07, 6.45) is 0.938. The van der Waals surface area contributed by atoms with Crippen LogP contribution in [0.25, 0.3) is 0 Å². The van der Waals surface area contributed by atoms with Crippen molar-refractivity contribution in [2.24, 2.45) is 5.92 Å². The smallest absolute Gasteiger partial charge is 0.243 e. The van der Waals surface area contributed by atoms with Crippen molar-refractivity contribution in [3.8, 4) is 11.8 Å². The second-order valence-corrected chi connectivity index (χ2v) is 10.3. The molecule has 0 spiro atoms. The topological polar surface area (TPSA) is 103 Å². The average molecular weight is 471 g/mol. The van der Waals surface area contributed by atoms with Gasteiger partial charge in [-0.15, -0.1) is 0 Å². The highest BCUT2D eigenvalue weighted by Crippen LogP contribution is 2.25. The molecule has 1 aliphatic heterocycles. The number of nitrogens with zero attached hydrogens (tertiary/aromatic N) is 3. The molecule has 1 unspecified atom stereocenters. The number of carbonyl (C=O) groups excluding carboxylic acids is 1. The van der Waals surface area contributed by atoms with Crippen LogP contribution in [0.15, 0.2) is 53.4 Å². The molecule has 0 radical (unpaired) electrons. The van der Waals surface area contributed by atoms with Crippen molar-refractivity contribution in [1.29, 1.82) is 5.26 Å². The van der Waals surface area contributed by atoms with Gasteiger partial charge < -0.3 is 15.0 Å². The molecule has 1 heterocycles. The van der Waals surface area contributed by atoms with Gasteiger partial charge in [0.05, 0.1) is 29.7 Å². The number of likely N-dealkylation sites (N-methyl/N-ethyl adjacent to an activating group) is 1. The molecule has 1 fully saturated rings. The molecule has 9 heteroatoms. The number of nitriles is 1. The highest BCUT2D eigenvalue weighted by atomic mass is 32.2. The van der Waals surface area contributed by atoms with Gasteiger partial charge in [-0.2, -0.15) is 9.57 Å². The van der Waals surface area contributed by atoms with Crippen LogP contribution in [0.2, 0.25) is 0 Å². The Kier molecular flexibility index (Phi) is 8.08. The minimum atomic E-state index is -3.64. The largest absolute Gasteiger partial charge is 0.497 e. The molecule has 0 saturated carbocycles. The molecular weight excluding hydrogens is 440 g/mol. The number of nitrogens with one attached hydrogen (secondary N) is 1. The van der Waals surface area contributed by atoms with Gasteiger partial charge in [0, 0.05) is 25.6 Å². The number of sulfonamides is 1. The Bertz CT molecular complexity index is 1080. The van der Waals surface area contributed by atoms with E-state index >= 15 is 0 Å². The predicted molar refractivity (Wildman–Crippen MR) is 125 cm³/mol. The summed E-state index contributed by atoms with van der Waals surface area (Å²) in [7, 11) is 1.92. The molecule has 0 aromatic heterocycles. The molecule has 33 heavy (non-hydrogen) atoms. The molecular formula is C24H30N4O4S. The van der Waals surface area contributed by atoms with Gasteiger partial charge in [-0.1, -0.05) is 12.1 Å². The van der Waals surface area contributed by atoms with Gasteiger partial charge in [0.2, 0.25) is 15.9 Å². The van der Waals surface area contributed by atoms with Crippen molar-refractivity contribution in [3.63, 3.8) is 0 Å². The highest BCUT2D eigenvalue weighted by Gasteiger charge is 2.32.